The van der Waals surface area contributed by atoms with E-state index in [9.17, 15) is 8.78 Å². The molecule has 0 bridgehead atoms. The Morgan fingerprint density at radius 3 is 3.12 bits per heavy atom. The number of nitrogens with zero attached hydrogens (tertiary/aromatic N) is 2. The molecule has 1 aromatic heterocycles. The van der Waals surface area contributed by atoms with Gasteiger partial charge in [-0.25, -0.2) is 8.78 Å². The van der Waals surface area contributed by atoms with Crippen molar-refractivity contribution in [1.82, 2.24) is 9.78 Å². The molecule has 0 saturated heterocycles. The molecule has 0 aliphatic carbocycles. The largest absolute Gasteiger partial charge is 0.379 e. The third-order valence-corrected chi connectivity index (χ3v) is 2.46. The SMILES string of the molecule is FC(F)Cn1cc(NCC2=CCCOC2)cn1. The van der Waals surface area contributed by atoms with E-state index in [1.165, 1.54) is 10.3 Å². The van der Waals surface area contributed by atoms with Crippen LogP contribution in [0.1, 0.15) is 6.42 Å². The van der Waals surface area contributed by atoms with Gasteiger partial charge in [0.2, 0.25) is 0 Å². The van der Waals surface area contributed by atoms with E-state index in [0.717, 1.165) is 18.7 Å². The van der Waals surface area contributed by atoms with Crippen molar-refractivity contribution in [3.63, 3.8) is 0 Å². The highest BCUT2D eigenvalue weighted by Crippen LogP contribution is 2.10. The monoisotopic (exact) mass is 243 g/mol. The normalized spacial score (nSPS) is 16.1. The molecule has 6 heteroatoms. The smallest absolute Gasteiger partial charge is 0.257 e. The summed E-state index contributed by atoms with van der Waals surface area (Å²) in [6, 6.07) is 0. The third kappa shape index (κ3) is 3.81. The lowest BCUT2D eigenvalue weighted by molar-refractivity contribution is 0.122. The molecule has 2 heterocycles. The first kappa shape index (κ1) is 12.0. The van der Waals surface area contributed by atoms with Crippen molar-refractivity contribution in [2.24, 2.45) is 0 Å². The van der Waals surface area contributed by atoms with Gasteiger partial charge in [-0.05, 0) is 12.0 Å². The van der Waals surface area contributed by atoms with E-state index in [1.807, 2.05) is 0 Å². The number of hydrogen-bond acceptors (Lipinski definition) is 3. The van der Waals surface area contributed by atoms with Crippen LogP contribution in [0.2, 0.25) is 0 Å². The van der Waals surface area contributed by atoms with Gasteiger partial charge in [0.25, 0.3) is 6.43 Å². The van der Waals surface area contributed by atoms with Crippen molar-refractivity contribution >= 4 is 5.69 Å². The van der Waals surface area contributed by atoms with Crippen molar-refractivity contribution in [1.29, 1.82) is 0 Å². The second-order valence-electron chi connectivity index (χ2n) is 3.90. The predicted molar refractivity (Wildman–Crippen MR) is 60.2 cm³/mol. The fourth-order valence-electron chi connectivity index (χ4n) is 1.64. The summed E-state index contributed by atoms with van der Waals surface area (Å²) in [5.74, 6) is 0. The van der Waals surface area contributed by atoms with Gasteiger partial charge in [0.05, 0.1) is 25.1 Å². The quantitative estimate of drug-likeness (QED) is 0.803. The van der Waals surface area contributed by atoms with Crippen molar-refractivity contribution in [3.05, 3.63) is 24.0 Å². The summed E-state index contributed by atoms with van der Waals surface area (Å²) >= 11 is 0. The van der Waals surface area contributed by atoms with Crippen molar-refractivity contribution < 1.29 is 13.5 Å². The Hall–Kier alpha value is -1.43. The molecule has 0 aromatic carbocycles. The summed E-state index contributed by atoms with van der Waals surface area (Å²) in [5.41, 5.74) is 1.93. The van der Waals surface area contributed by atoms with Crippen LogP contribution in [0.25, 0.3) is 0 Å². The van der Waals surface area contributed by atoms with Gasteiger partial charge in [0.1, 0.15) is 6.54 Å². The molecule has 2 rings (SSSR count). The zero-order chi connectivity index (χ0) is 12.1. The molecular weight excluding hydrogens is 228 g/mol. The summed E-state index contributed by atoms with van der Waals surface area (Å²) in [6.07, 6.45) is 3.82. The zero-order valence-corrected chi connectivity index (χ0v) is 9.40. The molecule has 0 fully saturated rings. The van der Waals surface area contributed by atoms with E-state index in [1.54, 1.807) is 12.4 Å². The minimum Gasteiger partial charge on any atom is -0.379 e. The summed E-state index contributed by atoms with van der Waals surface area (Å²) < 4.78 is 30.7. The van der Waals surface area contributed by atoms with Crippen LogP contribution >= 0.6 is 0 Å². The van der Waals surface area contributed by atoms with Gasteiger partial charge in [-0.2, -0.15) is 5.10 Å². The average molecular weight is 243 g/mol. The van der Waals surface area contributed by atoms with Gasteiger partial charge in [0.15, 0.2) is 0 Å². The highest BCUT2D eigenvalue weighted by Gasteiger charge is 2.07. The van der Waals surface area contributed by atoms with Crippen LogP contribution in [-0.4, -0.2) is 36.0 Å². The molecule has 94 valence electrons. The molecule has 0 saturated carbocycles. The van der Waals surface area contributed by atoms with E-state index < -0.39 is 6.43 Å². The van der Waals surface area contributed by atoms with E-state index in [-0.39, 0.29) is 6.54 Å². The third-order valence-electron chi connectivity index (χ3n) is 2.46. The van der Waals surface area contributed by atoms with Gasteiger partial charge in [-0.3, -0.25) is 4.68 Å². The molecule has 0 atom stereocenters. The zero-order valence-electron chi connectivity index (χ0n) is 9.40. The van der Waals surface area contributed by atoms with Crippen LogP contribution in [0.5, 0.6) is 0 Å². The van der Waals surface area contributed by atoms with Gasteiger partial charge in [-0.1, -0.05) is 6.08 Å². The van der Waals surface area contributed by atoms with Crippen LogP contribution in [0.15, 0.2) is 24.0 Å². The number of hydrogen-bond donors (Lipinski definition) is 1. The number of rotatable bonds is 5. The molecule has 1 aliphatic rings. The molecule has 0 radical (unpaired) electrons. The lowest BCUT2D eigenvalue weighted by atomic mass is 10.2. The Morgan fingerprint density at radius 1 is 1.53 bits per heavy atom. The number of aromatic nitrogens is 2. The minimum atomic E-state index is -2.38. The van der Waals surface area contributed by atoms with Crippen molar-refractivity contribution in [2.75, 3.05) is 25.1 Å². The maximum Gasteiger partial charge on any atom is 0.257 e. The van der Waals surface area contributed by atoms with E-state index in [0.29, 0.717) is 13.2 Å². The second-order valence-corrected chi connectivity index (χ2v) is 3.90. The van der Waals surface area contributed by atoms with E-state index >= 15 is 0 Å². The lowest BCUT2D eigenvalue weighted by Gasteiger charge is -2.13. The van der Waals surface area contributed by atoms with Crippen LogP contribution in [0, 0.1) is 0 Å². The fourth-order valence-corrected chi connectivity index (χ4v) is 1.64. The van der Waals surface area contributed by atoms with Crippen LogP contribution < -0.4 is 5.32 Å². The Bertz CT molecular complexity index is 390. The summed E-state index contributed by atoms with van der Waals surface area (Å²) in [7, 11) is 0. The Morgan fingerprint density at radius 2 is 2.41 bits per heavy atom. The molecule has 1 N–H and O–H groups in total. The molecule has 0 unspecified atom stereocenters. The second kappa shape index (κ2) is 5.77. The van der Waals surface area contributed by atoms with Crippen LogP contribution in [0.3, 0.4) is 0 Å². The van der Waals surface area contributed by atoms with Gasteiger partial charge in [0, 0.05) is 12.7 Å². The predicted octanol–water partition coefficient (Wildman–Crippen LogP) is 1.91. The summed E-state index contributed by atoms with van der Waals surface area (Å²) in [5, 5.41) is 6.98. The topological polar surface area (TPSA) is 39.1 Å². The van der Waals surface area contributed by atoms with Crippen LogP contribution in [0.4, 0.5) is 14.5 Å². The standard InChI is InChI=1S/C11H15F2N3O/c12-11(13)7-16-6-10(5-15-16)14-4-9-2-1-3-17-8-9/h2,5-6,11,14H,1,3-4,7-8H2. The average Bonchev–Trinajstić information content (AvgIpc) is 2.75. The molecule has 17 heavy (non-hydrogen) atoms. The summed E-state index contributed by atoms with van der Waals surface area (Å²) in [4.78, 5) is 0. The molecular formula is C11H15F2N3O. The Kier molecular flexibility index (Phi) is 4.08. The van der Waals surface area contributed by atoms with Crippen LogP contribution in [-0.2, 0) is 11.3 Å². The number of halogens is 2. The first-order valence-corrected chi connectivity index (χ1v) is 5.54. The van der Waals surface area contributed by atoms with Gasteiger partial charge >= 0.3 is 0 Å². The highest BCUT2D eigenvalue weighted by molar-refractivity contribution is 5.39. The molecule has 1 aliphatic heterocycles. The first-order valence-electron chi connectivity index (χ1n) is 5.54. The molecule has 1 aromatic rings. The van der Waals surface area contributed by atoms with Gasteiger partial charge < -0.3 is 10.1 Å². The maximum absolute atomic E-state index is 12.1. The Labute approximate surface area is 98.3 Å². The maximum atomic E-state index is 12.1. The number of nitrogens with one attached hydrogen (secondary N) is 1. The van der Waals surface area contributed by atoms with Crippen molar-refractivity contribution in [3.8, 4) is 0 Å². The molecule has 0 spiro atoms. The number of alkyl halides is 2. The Balaban J connectivity index is 1.82. The van der Waals surface area contributed by atoms with E-state index in [2.05, 4.69) is 16.5 Å². The van der Waals surface area contributed by atoms with E-state index in [4.69, 9.17) is 4.74 Å². The summed E-state index contributed by atoms with van der Waals surface area (Å²) in [6.45, 7) is 1.71. The van der Waals surface area contributed by atoms with Crippen molar-refractivity contribution in [2.45, 2.75) is 19.4 Å². The number of ether oxygens (including phenoxy) is 1. The fraction of sp³-hybridized carbons (Fsp3) is 0.545. The van der Waals surface area contributed by atoms with Gasteiger partial charge in [-0.15, -0.1) is 0 Å². The highest BCUT2D eigenvalue weighted by atomic mass is 19.3. The molecule has 4 nitrogen and oxygen atoms in total. The number of anilines is 1. The minimum absolute atomic E-state index is 0.368. The first-order chi connectivity index (χ1) is 8.24. The lowest BCUT2D eigenvalue weighted by Crippen LogP contribution is -2.13. The molecule has 0 amide bonds.